The summed E-state index contributed by atoms with van der Waals surface area (Å²) < 4.78 is 0. The van der Waals surface area contributed by atoms with Gasteiger partial charge < -0.3 is 15.3 Å². The summed E-state index contributed by atoms with van der Waals surface area (Å²) >= 11 is 6.48. The Morgan fingerprint density at radius 2 is 1.95 bits per heavy atom. The minimum absolute atomic E-state index is 0.145. The van der Waals surface area contributed by atoms with Gasteiger partial charge in [-0.3, -0.25) is 0 Å². The van der Waals surface area contributed by atoms with Crippen molar-refractivity contribution in [2.45, 2.75) is 52.6 Å². The Morgan fingerprint density at radius 3 is 2.48 bits per heavy atom. The van der Waals surface area contributed by atoms with Gasteiger partial charge in [0.05, 0.1) is 17.3 Å². The Kier molecular flexibility index (Phi) is 8.74. The van der Waals surface area contributed by atoms with E-state index in [0.717, 1.165) is 43.1 Å². The topological polar surface area (TPSA) is 35.5 Å². The van der Waals surface area contributed by atoms with Crippen molar-refractivity contribution in [1.29, 1.82) is 0 Å². The van der Waals surface area contributed by atoms with Crippen LogP contribution in [0.5, 0.6) is 0 Å². The lowest BCUT2D eigenvalue weighted by atomic mass is 10.1. The van der Waals surface area contributed by atoms with Gasteiger partial charge in [0, 0.05) is 19.1 Å². The van der Waals surface area contributed by atoms with Crippen molar-refractivity contribution in [3.8, 4) is 0 Å². The number of nitrogens with zero attached hydrogens (tertiary/aromatic N) is 1. The predicted molar refractivity (Wildman–Crippen MR) is 92.3 cm³/mol. The fourth-order valence-corrected chi connectivity index (χ4v) is 2.95. The summed E-state index contributed by atoms with van der Waals surface area (Å²) in [6.45, 7) is 9.14. The first-order chi connectivity index (χ1) is 10.2. The van der Waals surface area contributed by atoms with Crippen LogP contribution in [-0.4, -0.2) is 30.8 Å². The van der Waals surface area contributed by atoms with E-state index in [4.69, 9.17) is 11.6 Å². The molecular weight excluding hydrogens is 284 g/mol. The van der Waals surface area contributed by atoms with Gasteiger partial charge in [0.1, 0.15) is 0 Å². The molecule has 21 heavy (non-hydrogen) atoms. The Balaban J connectivity index is 2.88. The molecule has 0 fully saturated rings. The van der Waals surface area contributed by atoms with Gasteiger partial charge in [-0.25, -0.2) is 0 Å². The van der Waals surface area contributed by atoms with Gasteiger partial charge in [-0.2, -0.15) is 0 Å². The van der Waals surface area contributed by atoms with E-state index in [-0.39, 0.29) is 6.61 Å². The maximum atomic E-state index is 9.33. The molecule has 120 valence electrons. The van der Waals surface area contributed by atoms with Crippen LogP contribution in [0.15, 0.2) is 18.2 Å². The predicted octanol–water partition coefficient (Wildman–Crippen LogP) is 3.83. The maximum absolute atomic E-state index is 9.33. The molecule has 1 aromatic carbocycles. The molecule has 0 saturated carbocycles. The van der Waals surface area contributed by atoms with Crippen LogP contribution in [0.25, 0.3) is 0 Å². The number of anilines is 1. The van der Waals surface area contributed by atoms with Crippen LogP contribution in [0.2, 0.25) is 5.02 Å². The van der Waals surface area contributed by atoms with Crippen molar-refractivity contribution >= 4 is 17.3 Å². The molecule has 0 amide bonds. The van der Waals surface area contributed by atoms with Gasteiger partial charge in [-0.05, 0) is 43.5 Å². The van der Waals surface area contributed by atoms with Gasteiger partial charge in [0.25, 0.3) is 0 Å². The third kappa shape index (κ3) is 5.50. The third-order valence-electron chi connectivity index (χ3n) is 3.80. The number of benzene rings is 1. The SMILES string of the molecule is CCCNCc1ccc(N(CCO)C(CC)CC)c(Cl)c1. The maximum Gasteiger partial charge on any atom is 0.0642 e. The second-order valence-corrected chi connectivity index (χ2v) is 5.76. The fourth-order valence-electron chi connectivity index (χ4n) is 2.64. The molecule has 1 rings (SSSR count). The van der Waals surface area contributed by atoms with Gasteiger partial charge >= 0.3 is 0 Å². The van der Waals surface area contributed by atoms with Crippen molar-refractivity contribution in [3.05, 3.63) is 28.8 Å². The molecule has 0 spiro atoms. The van der Waals surface area contributed by atoms with Crippen LogP contribution < -0.4 is 10.2 Å². The molecule has 0 aliphatic heterocycles. The highest BCUT2D eigenvalue weighted by atomic mass is 35.5. The van der Waals surface area contributed by atoms with E-state index in [1.165, 1.54) is 5.56 Å². The summed E-state index contributed by atoms with van der Waals surface area (Å²) in [4.78, 5) is 2.23. The van der Waals surface area contributed by atoms with E-state index >= 15 is 0 Å². The van der Waals surface area contributed by atoms with Crippen molar-refractivity contribution in [2.75, 3.05) is 24.6 Å². The van der Waals surface area contributed by atoms with Crippen LogP contribution in [0.1, 0.15) is 45.6 Å². The van der Waals surface area contributed by atoms with Crippen LogP contribution in [0.3, 0.4) is 0 Å². The summed E-state index contributed by atoms with van der Waals surface area (Å²) in [5.74, 6) is 0. The first kappa shape index (κ1) is 18.3. The van der Waals surface area contributed by atoms with E-state index < -0.39 is 0 Å². The number of rotatable bonds is 10. The Hall–Kier alpha value is -0.770. The highest BCUT2D eigenvalue weighted by Crippen LogP contribution is 2.29. The van der Waals surface area contributed by atoms with Crippen LogP contribution >= 0.6 is 11.6 Å². The second-order valence-electron chi connectivity index (χ2n) is 5.35. The Morgan fingerprint density at radius 1 is 1.24 bits per heavy atom. The molecule has 0 radical (unpaired) electrons. The Labute approximate surface area is 134 Å². The van der Waals surface area contributed by atoms with E-state index in [1.54, 1.807) is 0 Å². The van der Waals surface area contributed by atoms with Crippen molar-refractivity contribution in [3.63, 3.8) is 0 Å². The molecule has 1 aromatic rings. The molecule has 0 heterocycles. The molecule has 0 aromatic heterocycles. The molecule has 0 aliphatic carbocycles. The number of aliphatic hydroxyl groups is 1. The number of aliphatic hydroxyl groups excluding tert-OH is 1. The monoisotopic (exact) mass is 312 g/mol. The zero-order valence-corrected chi connectivity index (χ0v) is 14.3. The summed E-state index contributed by atoms with van der Waals surface area (Å²) in [7, 11) is 0. The fraction of sp³-hybridized carbons (Fsp3) is 0.647. The molecule has 0 atom stereocenters. The molecule has 0 bridgehead atoms. The quantitative estimate of drug-likeness (QED) is 0.645. The zero-order valence-electron chi connectivity index (χ0n) is 13.5. The summed E-state index contributed by atoms with van der Waals surface area (Å²) in [6.07, 6.45) is 3.23. The molecule has 0 saturated heterocycles. The van der Waals surface area contributed by atoms with Crippen LogP contribution in [-0.2, 0) is 6.54 Å². The average molecular weight is 313 g/mol. The normalized spacial score (nSPS) is 11.1. The van der Waals surface area contributed by atoms with Gasteiger partial charge in [-0.15, -0.1) is 0 Å². The lowest BCUT2D eigenvalue weighted by Gasteiger charge is -2.33. The standard InChI is InChI=1S/C17H29ClN2O/c1-4-9-19-13-14-7-8-17(16(18)12-14)20(10-11-21)15(5-2)6-3/h7-8,12,15,19,21H,4-6,9-11,13H2,1-3H3. The summed E-state index contributed by atoms with van der Waals surface area (Å²) in [5.41, 5.74) is 2.23. The molecule has 0 unspecified atom stereocenters. The first-order valence-corrected chi connectivity index (χ1v) is 8.42. The van der Waals surface area contributed by atoms with Gasteiger partial charge in [-0.1, -0.05) is 38.4 Å². The second kappa shape index (κ2) is 10.0. The minimum atomic E-state index is 0.145. The van der Waals surface area contributed by atoms with Gasteiger partial charge in [0.2, 0.25) is 0 Å². The van der Waals surface area contributed by atoms with E-state index in [2.05, 4.69) is 43.1 Å². The zero-order chi connectivity index (χ0) is 15.7. The van der Waals surface area contributed by atoms with Crippen LogP contribution in [0, 0.1) is 0 Å². The van der Waals surface area contributed by atoms with Crippen molar-refractivity contribution in [1.82, 2.24) is 5.32 Å². The van der Waals surface area contributed by atoms with Crippen molar-refractivity contribution < 1.29 is 5.11 Å². The van der Waals surface area contributed by atoms with Crippen molar-refractivity contribution in [2.24, 2.45) is 0 Å². The molecular formula is C17H29ClN2O. The highest BCUT2D eigenvalue weighted by Gasteiger charge is 2.17. The number of hydrogen-bond donors (Lipinski definition) is 2. The van der Waals surface area contributed by atoms with E-state index in [1.807, 2.05) is 6.07 Å². The minimum Gasteiger partial charge on any atom is -0.395 e. The highest BCUT2D eigenvalue weighted by molar-refractivity contribution is 6.33. The summed E-state index contributed by atoms with van der Waals surface area (Å²) in [5, 5.41) is 13.5. The first-order valence-electron chi connectivity index (χ1n) is 8.04. The van der Waals surface area contributed by atoms with Crippen LogP contribution in [0.4, 0.5) is 5.69 Å². The number of hydrogen-bond acceptors (Lipinski definition) is 3. The Bertz CT molecular complexity index is 408. The largest absolute Gasteiger partial charge is 0.395 e. The smallest absolute Gasteiger partial charge is 0.0642 e. The number of nitrogens with one attached hydrogen (secondary N) is 1. The number of halogens is 1. The summed E-state index contributed by atoms with van der Waals surface area (Å²) in [6, 6.07) is 6.65. The molecule has 0 aliphatic rings. The molecule has 3 nitrogen and oxygen atoms in total. The molecule has 4 heteroatoms. The van der Waals surface area contributed by atoms with Gasteiger partial charge in [0.15, 0.2) is 0 Å². The average Bonchev–Trinajstić information content (AvgIpc) is 2.48. The lowest BCUT2D eigenvalue weighted by molar-refractivity contribution is 0.296. The lowest BCUT2D eigenvalue weighted by Crippen LogP contribution is -2.37. The molecule has 2 N–H and O–H groups in total. The van der Waals surface area contributed by atoms with E-state index in [9.17, 15) is 5.11 Å². The third-order valence-corrected chi connectivity index (χ3v) is 4.10. The van der Waals surface area contributed by atoms with E-state index in [0.29, 0.717) is 12.6 Å².